The number of nitrogens with one attached hydrogen (secondary N) is 1. The van der Waals surface area contributed by atoms with Crippen molar-refractivity contribution in [3.05, 3.63) is 27.7 Å². The van der Waals surface area contributed by atoms with Gasteiger partial charge in [0.05, 0.1) is 10.0 Å². The summed E-state index contributed by atoms with van der Waals surface area (Å²) >= 11 is 13.7. The second-order valence-electron chi connectivity index (χ2n) is 3.44. The molecule has 2 nitrogen and oxygen atoms in total. The summed E-state index contributed by atoms with van der Waals surface area (Å²) in [4.78, 5) is 4.29. The Bertz CT molecular complexity index is 384. The normalized spacial score (nSPS) is 21.5. The Hall–Kier alpha value is 0.0700. The number of hydrogen-bond acceptors (Lipinski definition) is 3. The minimum Gasteiger partial charge on any atom is -0.227 e. The number of fused-ring (bicyclic) bond motifs is 1. The lowest BCUT2D eigenvalue weighted by molar-refractivity contribution is 0.190. The van der Waals surface area contributed by atoms with Crippen LogP contribution in [-0.2, 0) is 0 Å². The van der Waals surface area contributed by atoms with Crippen LogP contribution in [0.2, 0.25) is 10.0 Å². The van der Waals surface area contributed by atoms with Gasteiger partial charge in [0.1, 0.15) is 0 Å². The Kier molecular flexibility index (Phi) is 3.48. The van der Waals surface area contributed by atoms with Gasteiger partial charge in [-0.05, 0) is 30.5 Å². The van der Waals surface area contributed by atoms with Crippen molar-refractivity contribution in [1.82, 2.24) is 9.84 Å². The van der Waals surface area contributed by atoms with Crippen molar-refractivity contribution < 1.29 is 0 Å². The van der Waals surface area contributed by atoms with Crippen molar-refractivity contribution in [2.45, 2.75) is 24.8 Å². The molecule has 0 bridgehead atoms. The first-order valence-corrected chi connectivity index (χ1v) is 6.39. The van der Waals surface area contributed by atoms with Crippen LogP contribution in [0.15, 0.2) is 17.0 Å². The lowest BCUT2D eigenvalue weighted by Crippen LogP contribution is -2.38. The molecular weight excluding hydrogens is 251 g/mol. The molecule has 1 unspecified atom stereocenters. The monoisotopic (exact) mass is 262 g/mol. The maximum atomic E-state index is 6.16. The third-order valence-electron chi connectivity index (χ3n) is 2.60. The Labute approximate surface area is 104 Å². The summed E-state index contributed by atoms with van der Waals surface area (Å²) in [5, 5.41) is 3.42. The smallest absolute Gasteiger partial charge is 0.0745 e. The van der Waals surface area contributed by atoms with Crippen molar-refractivity contribution in [1.29, 1.82) is 0 Å². The van der Waals surface area contributed by atoms with Crippen LogP contribution < -0.4 is 4.83 Å². The Morgan fingerprint density at radius 1 is 1.47 bits per heavy atom. The van der Waals surface area contributed by atoms with E-state index in [4.69, 9.17) is 23.2 Å². The van der Waals surface area contributed by atoms with E-state index in [1.54, 1.807) is 0 Å². The standard InChI is InChI=1S/C10H12Cl2N2S/c1-3-14-6(2)7-4-5-8(11)9(12)10(7)15-13-14/h4-6,13H,3H2,1-2H3. The SMILES string of the molecule is CCN1NSc2c(ccc(Cl)c2Cl)C1C. The maximum absolute atomic E-state index is 6.16. The minimum atomic E-state index is 0.320. The molecule has 82 valence electrons. The summed E-state index contributed by atoms with van der Waals surface area (Å²) in [5.74, 6) is 0. The number of hydrogen-bond donors (Lipinski definition) is 1. The lowest BCUT2D eigenvalue weighted by Gasteiger charge is -2.34. The molecule has 0 aliphatic carbocycles. The molecular formula is C10H12Cl2N2S. The van der Waals surface area contributed by atoms with Gasteiger partial charge in [-0.3, -0.25) is 0 Å². The summed E-state index contributed by atoms with van der Waals surface area (Å²) in [6.45, 7) is 5.22. The van der Waals surface area contributed by atoms with Crippen LogP contribution >= 0.6 is 35.1 Å². The van der Waals surface area contributed by atoms with Gasteiger partial charge >= 0.3 is 0 Å². The zero-order chi connectivity index (χ0) is 11.0. The van der Waals surface area contributed by atoms with E-state index < -0.39 is 0 Å². The van der Waals surface area contributed by atoms with Gasteiger partial charge in [0.2, 0.25) is 0 Å². The summed E-state index contributed by atoms with van der Waals surface area (Å²) in [5.41, 5.74) is 1.23. The van der Waals surface area contributed by atoms with E-state index >= 15 is 0 Å². The van der Waals surface area contributed by atoms with E-state index in [0.29, 0.717) is 16.1 Å². The largest absolute Gasteiger partial charge is 0.227 e. The van der Waals surface area contributed by atoms with Crippen molar-refractivity contribution in [2.24, 2.45) is 0 Å². The molecule has 1 aromatic carbocycles. The molecule has 1 heterocycles. The molecule has 1 aliphatic heterocycles. The van der Waals surface area contributed by atoms with Crippen LogP contribution in [0.3, 0.4) is 0 Å². The molecule has 1 N–H and O–H groups in total. The molecule has 1 atom stereocenters. The van der Waals surface area contributed by atoms with Gasteiger partial charge in [-0.2, -0.15) is 4.83 Å². The highest BCUT2D eigenvalue weighted by atomic mass is 35.5. The second-order valence-corrected chi connectivity index (χ2v) is 5.02. The predicted molar refractivity (Wildman–Crippen MR) is 66.2 cm³/mol. The number of rotatable bonds is 1. The molecule has 0 saturated carbocycles. The molecule has 0 amide bonds. The van der Waals surface area contributed by atoms with Crippen LogP contribution in [0, 0.1) is 0 Å². The van der Waals surface area contributed by atoms with Gasteiger partial charge < -0.3 is 0 Å². The second kappa shape index (κ2) is 4.52. The maximum Gasteiger partial charge on any atom is 0.0745 e. The quantitative estimate of drug-likeness (QED) is 0.773. The zero-order valence-electron chi connectivity index (χ0n) is 8.55. The molecule has 0 spiro atoms. The van der Waals surface area contributed by atoms with E-state index in [-0.39, 0.29) is 0 Å². The van der Waals surface area contributed by atoms with Crippen LogP contribution in [-0.4, -0.2) is 11.6 Å². The summed E-state index contributed by atoms with van der Waals surface area (Å²) in [6.07, 6.45) is 0. The number of benzene rings is 1. The van der Waals surface area contributed by atoms with Gasteiger partial charge in [-0.25, -0.2) is 5.01 Å². The van der Waals surface area contributed by atoms with E-state index in [1.165, 1.54) is 17.5 Å². The fourth-order valence-electron chi connectivity index (χ4n) is 1.67. The van der Waals surface area contributed by atoms with Crippen LogP contribution in [0.4, 0.5) is 0 Å². The first kappa shape index (κ1) is 11.6. The number of nitrogens with zero attached hydrogens (tertiary/aromatic N) is 1. The van der Waals surface area contributed by atoms with Crippen LogP contribution in [0.5, 0.6) is 0 Å². The number of halogens is 2. The molecule has 2 rings (SSSR count). The summed E-state index contributed by atoms with van der Waals surface area (Å²) in [7, 11) is 0. The molecule has 15 heavy (non-hydrogen) atoms. The van der Waals surface area contributed by atoms with Crippen molar-refractivity contribution >= 4 is 35.1 Å². The van der Waals surface area contributed by atoms with E-state index in [2.05, 4.69) is 23.7 Å². The zero-order valence-corrected chi connectivity index (χ0v) is 10.9. The molecule has 5 heteroatoms. The van der Waals surface area contributed by atoms with E-state index in [9.17, 15) is 0 Å². The van der Waals surface area contributed by atoms with Gasteiger partial charge in [-0.1, -0.05) is 36.2 Å². The van der Waals surface area contributed by atoms with E-state index in [0.717, 1.165) is 11.4 Å². The van der Waals surface area contributed by atoms with Crippen molar-refractivity contribution in [2.75, 3.05) is 6.54 Å². The van der Waals surface area contributed by atoms with Gasteiger partial charge in [0, 0.05) is 17.5 Å². The first-order valence-electron chi connectivity index (χ1n) is 4.82. The van der Waals surface area contributed by atoms with Crippen LogP contribution in [0.25, 0.3) is 0 Å². The minimum absolute atomic E-state index is 0.320. The predicted octanol–water partition coefficient (Wildman–Crippen LogP) is 3.90. The van der Waals surface area contributed by atoms with Gasteiger partial charge in [0.15, 0.2) is 0 Å². The molecule has 0 fully saturated rings. The number of hydrazine groups is 1. The molecule has 0 aromatic heterocycles. The Morgan fingerprint density at radius 3 is 2.87 bits per heavy atom. The fraction of sp³-hybridized carbons (Fsp3) is 0.400. The highest BCUT2D eigenvalue weighted by Crippen LogP contribution is 2.41. The highest BCUT2D eigenvalue weighted by Gasteiger charge is 2.25. The average molecular weight is 263 g/mol. The topological polar surface area (TPSA) is 15.3 Å². The summed E-state index contributed by atoms with van der Waals surface area (Å²) in [6, 6.07) is 4.23. The molecule has 1 aromatic rings. The molecule has 1 aliphatic rings. The third kappa shape index (κ3) is 1.99. The van der Waals surface area contributed by atoms with Crippen molar-refractivity contribution in [3.63, 3.8) is 0 Å². The van der Waals surface area contributed by atoms with Gasteiger partial charge in [-0.15, -0.1) is 0 Å². The fourth-order valence-corrected chi connectivity index (χ4v) is 3.22. The Balaban J connectivity index is 2.45. The molecule has 0 radical (unpaired) electrons. The van der Waals surface area contributed by atoms with Crippen molar-refractivity contribution in [3.8, 4) is 0 Å². The first-order chi connectivity index (χ1) is 7.15. The molecule has 0 saturated heterocycles. The Morgan fingerprint density at radius 2 is 2.20 bits per heavy atom. The van der Waals surface area contributed by atoms with Gasteiger partial charge in [0.25, 0.3) is 0 Å². The average Bonchev–Trinajstić information content (AvgIpc) is 2.24. The third-order valence-corrected chi connectivity index (χ3v) is 4.49. The summed E-state index contributed by atoms with van der Waals surface area (Å²) < 4.78 is 0. The highest BCUT2D eigenvalue weighted by molar-refractivity contribution is 7.97. The van der Waals surface area contributed by atoms with E-state index in [1.807, 2.05) is 12.1 Å². The van der Waals surface area contributed by atoms with Crippen LogP contribution in [0.1, 0.15) is 25.5 Å². The lowest BCUT2D eigenvalue weighted by atomic mass is 10.1.